The van der Waals surface area contributed by atoms with Gasteiger partial charge in [0.05, 0.1) is 0 Å². The molecule has 1 saturated heterocycles. The molecule has 4 nitrogen and oxygen atoms in total. The number of carbonyl (C=O) groups excluding carboxylic acids is 1. The van der Waals surface area contributed by atoms with E-state index in [1.165, 1.54) is 0 Å². The minimum Gasteiger partial charge on any atom is -0.338 e. The van der Waals surface area contributed by atoms with Crippen LogP contribution in [-0.2, 0) is 0 Å². The monoisotopic (exact) mass is 219 g/mol. The van der Waals surface area contributed by atoms with Crippen LogP contribution in [0.1, 0.15) is 16.8 Å². The van der Waals surface area contributed by atoms with Gasteiger partial charge in [-0.3, -0.25) is 9.78 Å². The van der Waals surface area contributed by atoms with E-state index in [2.05, 4.69) is 10.3 Å². The van der Waals surface area contributed by atoms with Crippen molar-refractivity contribution in [2.75, 3.05) is 26.7 Å². The molecule has 1 aliphatic heterocycles. The molecule has 0 spiro atoms. The quantitative estimate of drug-likeness (QED) is 0.816. The molecule has 1 amide bonds. The highest BCUT2D eigenvalue weighted by Crippen LogP contribution is 2.17. The van der Waals surface area contributed by atoms with E-state index in [1.54, 1.807) is 24.5 Å². The summed E-state index contributed by atoms with van der Waals surface area (Å²) in [6.45, 7) is 2.72. The fourth-order valence-corrected chi connectivity index (χ4v) is 2.15. The molecule has 1 N–H and O–H groups in total. The first-order valence-electron chi connectivity index (χ1n) is 5.65. The number of likely N-dealkylation sites (tertiary alicyclic amines) is 1. The topological polar surface area (TPSA) is 45.2 Å². The number of aromatic nitrogens is 1. The second-order valence-corrected chi connectivity index (χ2v) is 4.20. The molecule has 1 aromatic rings. The van der Waals surface area contributed by atoms with Crippen molar-refractivity contribution in [1.82, 2.24) is 15.2 Å². The van der Waals surface area contributed by atoms with Crippen molar-refractivity contribution in [3.63, 3.8) is 0 Å². The highest BCUT2D eigenvalue weighted by Gasteiger charge is 2.26. The van der Waals surface area contributed by atoms with Crippen LogP contribution in [0.2, 0.25) is 0 Å². The van der Waals surface area contributed by atoms with Crippen LogP contribution >= 0.6 is 0 Å². The summed E-state index contributed by atoms with van der Waals surface area (Å²) in [4.78, 5) is 17.9. The molecule has 16 heavy (non-hydrogen) atoms. The van der Waals surface area contributed by atoms with Crippen molar-refractivity contribution >= 4 is 5.91 Å². The zero-order valence-electron chi connectivity index (χ0n) is 9.52. The van der Waals surface area contributed by atoms with Crippen molar-refractivity contribution in [2.24, 2.45) is 5.92 Å². The van der Waals surface area contributed by atoms with Crippen molar-refractivity contribution in [1.29, 1.82) is 0 Å². The van der Waals surface area contributed by atoms with Crippen LogP contribution in [-0.4, -0.2) is 42.5 Å². The molecule has 1 aromatic heterocycles. The lowest BCUT2D eigenvalue weighted by Crippen LogP contribution is -2.30. The van der Waals surface area contributed by atoms with Crippen LogP contribution in [0.5, 0.6) is 0 Å². The van der Waals surface area contributed by atoms with Gasteiger partial charge in [0.15, 0.2) is 0 Å². The SMILES string of the molecule is CNCC1CCN(C(=O)c2ccncc2)C1. The lowest BCUT2D eigenvalue weighted by atomic mass is 10.1. The van der Waals surface area contributed by atoms with E-state index >= 15 is 0 Å². The van der Waals surface area contributed by atoms with E-state index in [0.717, 1.165) is 31.6 Å². The van der Waals surface area contributed by atoms with Gasteiger partial charge in [-0.1, -0.05) is 0 Å². The van der Waals surface area contributed by atoms with E-state index < -0.39 is 0 Å². The van der Waals surface area contributed by atoms with Crippen LogP contribution < -0.4 is 5.32 Å². The van der Waals surface area contributed by atoms with Gasteiger partial charge in [-0.05, 0) is 38.1 Å². The molecule has 0 aliphatic carbocycles. The fourth-order valence-electron chi connectivity index (χ4n) is 2.15. The second kappa shape index (κ2) is 5.07. The first-order chi connectivity index (χ1) is 7.81. The number of nitrogens with zero attached hydrogens (tertiary/aromatic N) is 2. The Morgan fingerprint density at radius 3 is 3.00 bits per heavy atom. The maximum absolute atomic E-state index is 12.1. The number of hydrogen-bond acceptors (Lipinski definition) is 3. The predicted molar refractivity (Wildman–Crippen MR) is 62.2 cm³/mol. The summed E-state index contributed by atoms with van der Waals surface area (Å²) in [5, 5.41) is 3.16. The van der Waals surface area contributed by atoms with Gasteiger partial charge in [-0.25, -0.2) is 0 Å². The Labute approximate surface area is 95.7 Å². The van der Waals surface area contributed by atoms with Gasteiger partial charge in [0.25, 0.3) is 5.91 Å². The standard InChI is InChI=1S/C12H17N3O/c1-13-8-10-4-7-15(9-10)12(16)11-2-5-14-6-3-11/h2-3,5-6,10,13H,4,7-9H2,1H3. The first-order valence-corrected chi connectivity index (χ1v) is 5.65. The van der Waals surface area contributed by atoms with Gasteiger partial charge in [-0.15, -0.1) is 0 Å². The smallest absolute Gasteiger partial charge is 0.253 e. The maximum atomic E-state index is 12.1. The minimum atomic E-state index is 0.126. The minimum absolute atomic E-state index is 0.126. The molecule has 1 atom stereocenters. The van der Waals surface area contributed by atoms with Crippen molar-refractivity contribution in [3.8, 4) is 0 Å². The van der Waals surface area contributed by atoms with Crippen molar-refractivity contribution in [3.05, 3.63) is 30.1 Å². The average Bonchev–Trinajstić information content (AvgIpc) is 2.78. The molecule has 0 aromatic carbocycles. The van der Waals surface area contributed by atoms with Crippen molar-refractivity contribution in [2.45, 2.75) is 6.42 Å². The number of amides is 1. The zero-order chi connectivity index (χ0) is 11.4. The summed E-state index contributed by atoms with van der Waals surface area (Å²) < 4.78 is 0. The fraction of sp³-hybridized carbons (Fsp3) is 0.500. The summed E-state index contributed by atoms with van der Waals surface area (Å²) in [5.41, 5.74) is 0.736. The Morgan fingerprint density at radius 1 is 1.56 bits per heavy atom. The molecular formula is C12H17N3O. The van der Waals surface area contributed by atoms with Gasteiger partial charge >= 0.3 is 0 Å². The molecule has 2 rings (SSSR count). The normalized spacial score (nSPS) is 20.1. The van der Waals surface area contributed by atoms with Crippen molar-refractivity contribution < 1.29 is 4.79 Å². The predicted octanol–water partition coefficient (Wildman–Crippen LogP) is 0.763. The van der Waals surface area contributed by atoms with E-state index in [4.69, 9.17) is 0 Å². The molecule has 0 radical (unpaired) electrons. The number of carbonyl (C=O) groups is 1. The lowest BCUT2D eigenvalue weighted by molar-refractivity contribution is 0.0787. The lowest BCUT2D eigenvalue weighted by Gasteiger charge is -2.16. The number of hydrogen-bond donors (Lipinski definition) is 1. The molecule has 86 valence electrons. The summed E-state index contributed by atoms with van der Waals surface area (Å²) in [5.74, 6) is 0.719. The van der Waals surface area contributed by atoms with Gasteiger partial charge in [0.1, 0.15) is 0 Å². The Morgan fingerprint density at radius 2 is 2.31 bits per heavy atom. The van der Waals surface area contributed by atoms with Crippen LogP contribution in [0.4, 0.5) is 0 Å². The highest BCUT2D eigenvalue weighted by molar-refractivity contribution is 5.94. The number of rotatable bonds is 3. The van der Waals surface area contributed by atoms with Crippen LogP contribution in [0.3, 0.4) is 0 Å². The van der Waals surface area contributed by atoms with Crippen LogP contribution in [0, 0.1) is 5.92 Å². The molecule has 1 unspecified atom stereocenters. The molecule has 0 saturated carbocycles. The molecule has 1 fully saturated rings. The molecule has 1 aliphatic rings. The summed E-state index contributed by atoms with van der Waals surface area (Å²) in [7, 11) is 1.95. The van der Waals surface area contributed by atoms with E-state index in [9.17, 15) is 4.79 Å². The molecular weight excluding hydrogens is 202 g/mol. The second-order valence-electron chi connectivity index (χ2n) is 4.20. The van der Waals surface area contributed by atoms with E-state index in [-0.39, 0.29) is 5.91 Å². The highest BCUT2D eigenvalue weighted by atomic mass is 16.2. The Bertz CT molecular complexity index is 353. The summed E-state index contributed by atoms with van der Waals surface area (Å²) in [6, 6.07) is 3.54. The Kier molecular flexibility index (Phi) is 3.51. The van der Waals surface area contributed by atoms with Crippen LogP contribution in [0.25, 0.3) is 0 Å². The van der Waals surface area contributed by atoms with Gasteiger partial charge in [-0.2, -0.15) is 0 Å². The molecule has 4 heteroatoms. The largest absolute Gasteiger partial charge is 0.338 e. The van der Waals surface area contributed by atoms with Gasteiger partial charge in [0, 0.05) is 31.0 Å². The third-order valence-electron chi connectivity index (χ3n) is 2.99. The molecule has 0 bridgehead atoms. The average molecular weight is 219 g/mol. The first kappa shape index (κ1) is 11.1. The third-order valence-corrected chi connectivity index (χ3v) is 2.99. The van der Waals surface area contributed by atoms with E-state index in [0.29, 0.717) is 5.92 Å². The van der Waals surface area contributed by atoms with Crippen LogP contribution in [0.15, 0.2) is 24.5 Å². The Hall–Kier alpha value is -1.42. The number of nitrogens with one attached hydrogen (secondary N) is 1. The maximum Gasteiger partial charge on any atom is 0.253 e. The Balaban J connectivity index is 1.97. The third kappa shape index (κ3) is 2.39. The summed E-state index contributed by atoms with van der Waals surface area (Å²) >= 11 is 0. The number of pyridine rings is 1. The van der Waals surface area contributed by atoms with Gasteiger partial charge in [0.2, 0.25) is 0 Å². The van der Waals surface area contributed by atoms with Gasteiger partial charge < -0.3 is 10.2 Å². The zero-order valence-corrected chi connectivity index (χ0v) is 9.52. The van der Waals surface area contributed by atoms with E-state index in [1.807, 2.05) is 11.9 Å². The summed E-state index contributed by atoms with van der Waals surface area (Å²) in [6.07, 6.45) is 4.42. The molecule has 2 heterocycles.